The number of rotatable bonds is 6. The van der Waals surface area contributed by atoms with E-state index in [2.05, 4.69) is 41.2 Å². The molecule has 0 spiro atoms. The van der Waals surface area contributed by atoms with Gasteiger partial charge in [-0.1, -0.05) is 89.5 Å². The molecule has 2 aliphatic heterocycles. The van der Waals surface area contributed by atoms with Crippen LogP contribution in [-0.2, 0) is 0 Å². The summed E-state index contributed by atoms with van der Waals surface area (Å²) < 4.78 is 0. The maximum Gasteiger partial charge on any atom is 0.284 e. The van der Waals surface area contributed by atoms with E-state index in [-0.39, 0.29) is 11.1 Å². The van der Waals surface area contributed by atoms with Crippen LogP contribution in [0.3, 0.4) is 0 Å². The van der Waals surface area contributed by atoms with Gasteiger partial charge >= 0.3 is 0 Å². The van der Waals surface area contributed by atoms with Crippen molar-refractivity contribution in [2.24, 2.45) is 0 Å². The summed E-state index contributed by atoms with van der Waals surface area (Å²) in [6, 6.07) is 36.3. The molecule has 0 radical (unpaired) electrons. The summed E-state index contributed by atoms with van der Waals surface area (Å²) in [6.07, 6.45) is 7.63. The molecular formula is C47H34N6O4. The SMILES string of the molecule is Cc1ccc(-c2c3nc(c(-c4ccc(C)cc4)c4ccc([nH]4)c(-c4c([N+](=O)[O-])cccc4[N+](=O)[O-])c4nc(c(-c5ccc(C)cc5)c5ccc2[nH]5)C=C4)C=C3)cc1. The van der Waals surface area contributed by atoms with E-state index in [1.165, 1.54) is 18.2 Å². The number of nitro groups is 2. The first-order valence-corrected chi connectivity index (χ1v) is 18.4. The first-order valence-electron chi connectivity index (χ1n) is 18.4. The first kappa shape index (κ1) is 35.0. The number of benzene rings is 4. The highest BCUT2D eigenvalue weighted by Crippen LogP contribution is 2.44. The van der Waals surface area contributed by atoms with Crippen LogP contribution in [0.1, 0.15) is 39.5 Å². The molecule has 5 heterocycles. The van der Waals surface area contributed by atoms with Crippen molar-refractivity contribution < 1.29 is 9.85 Å². The van der Waals surface area contributed by atoms with Crippen LogP contribution in [0.15, 0.2) is 115 Å². The molecule has 8 bridgehead atoms. The van der Waals surface area contributed by atoms with Crippen molar-refractivity contribution in [3.63, 3.8) is 0 Å². The number of aromatic nitrogens is 4. The van der Waals surface area contributed by atoms with E-state index in [4.69, 9.17) is 9.97 Å². The van der Waals surface area contributed by atoms with Gasteiger partial charge in [-0.2, -0.15) is 0 Å². The summed E-state index contributed by atoms with van der Waals surface area (Å²) in [6.45, 7) is 6.11. The third-order valence-electron chi connectivity index (χ3n) is 10.4. The molecule has 0 amide bonds. The molecule has 3 aromatic heterocycles. The normalized spacial score (nSPS) is 11.9. The van der Waals surface area contributed by atoms with Crippen molar-refractivity contribution in [1.29, 1.82) is 0 Å². The molecular weight excluding hydrogens is 713 g/mol. The number of nitro benzene ring substituents is 2. The minimum atomic E-state index is -0.590. The molecule has 9 rings (SSSR count). The smallest absolute Gasteiger partial charge is 0.284 e. The van der Waals surface area contributed by atoms with E-state index in [0.717, 1.165) is 66.8 Å². The molecule has 0 saturated heterocycles. The highest BCUT2D eigenvalue weighted by Gasteiger charge is 2.30. The lowest BCUT2D eigenvalue weighted by molar-refractivity contribution is -0.392. The second-order valence-corrected chi connectivity index (χ2v) is 14.3. The Morgan fingerprint density at radius 3 is 1.02 bits per heavy atom. The maximum atomic E-state index is 12.6. The summed E-state index contributed by atoms with van der Waals surface area (Å²) in [5.41, 5.74) is 13.0. The van der Waals surface area contributed by atoms with Crippen LogP contribution in [0.5, 0.6) is 0 Å². The molecule has 0 fully saturated rings. The number of aromatic amines is 2. The summed E-state index contributed by atoms with van der Waals surface area (Å²) in [5, 5.41) is 25.3. The van der Waals surface area contributed by atoms with Crippen molar-refractivity contribution in [3.8, 4) is 44.5 Å². The van der Waals surface area contributed by atoms with E-state index >= 15 is 0 Å². The minimum Gasteiger partial charge on any atom is -0.354 e. The molecule has 0 saturated carbocycles. The fraction of sp³-hybridized carbons (Fsp3) is 0.0638. The fourth-order valence-corrected chi connectivity index (χ4v) is 7.63. The van der Waals surface area contributed by atoms with Gasteiger partial charge in [-0.05, 0) is 92.1 Å². The van der Waals surface area contributed by atoms with Gasteiger partial charge in [0.1, 0.15) is 5.56 Å². The lowest BCUT2D eigenvalue weighted by Crippen LogP contribution is -1.99. The number of nitrogens with one attached hydrogen (secondary N) is 2. The zero-order valence-corrected chi connectivity index (χ0v) is 31.2. The van der Waals surface area contributed by atoms with Gasteiger partial charge in [0, 0.05) is 56.5 Å². The molecule has 7 aromatic rings. The number of nitrogens with zero attached hydrogens (tertiary/aromatic N) is 4. The Morgan fingerprint density at radius 2 is 0.702 bits per heavy atom. The summed E-state index contributed by atoms with van der Waals surface area (Å²) in [5.74, 6) is 0. The van der Waals surface area contributed by atoms with Gasteiger partial charge in [-0.15, -0.1) is 0 Å². The predicted octanol–water partition coefficient (Wildman–Crippen LogP) is 12.1. The Hall–Kier alpha value is -7.72. The Balaban J connectivity index is 1.51. The molecule has 10 heteroatoms. The fourth-order valence-electron chi connectivity index (χ4n) is 7.63. The molecule has 0 atom stereocenters. The zero-order chi connectivity index (χ0) is 39.4. The largest absolute Gasteiger partial charge is 0.354 e. The highest BCUT2D eigenvalue weighted by atomic mass is 16.6. The van der Waals surface area contributed by atoms with Gasteiger partial charge < -0.3 is 9.97 Å². The number of aryl methyl sites for hydroxylation is 3. The number of hydrogen-bond donors (Lipinski definition) is 2. The van der Waals surface area contributed by atoms with E-state index in [1.54, 1.807) is 12.1 Å². The quantitative estimate of drug-likeness (QED) is 0.128. The molecule has 0 unspecified atom stereocenters. The second kappa shape index (κ2) is 13.8. The lowest BCUT2D eigenvalue weighted by atomic mass is 9.99. The average Bonchev–Trinajstić information content (AvgIpc) is 4.05. The number of hydrogen-bond acceptors (Lipinski definition) is 6. The van der Waals surface area contributed by atoms with Crippen LogP contribution < -0.4 is 0 Å². The van der Waals surface area contributed by atoms with Gasteiger partial charge in [0.15, 0.2) is 0 Å². The molecule has 276 valence electrons. The summed E-state index contributed by atoms with van der Waals surface area (Å²) in [7, 11) is 0. The minimum absolute atomic E-state index is 0.145. The Bertz CT molecular complexity index is 2950. The van der Waals surface area contributed by atoms with Gasteiger partial charge in [0.2, 0.25) is 0 Å². The highest BCUT2D eigenvalue weighted by molar-refractivity contribution is 6.02. The van der Waals surface area contributed by atoms with Gasteiger partial charge in [-0.25, -0.2) is 9.97 Å². The van der Waals surface area contributed by atoms with Crippen molar-refractivity contribution in [1.82, 2.24) is 19.9 Å². The van der Waals surface area contributed by atoms with Crippen LogP contribution in [0.25, 0.3) is 90.9 Å². The lowest BCUT2D eigenvalue weighted by Gasteiger charge is -2.08. The number of H-pyrrole nitrogens is 2. The third kappa shape index (κ3) is 6.28. The van der Waals surface area contributed by atoms with Crippen molar-refractivity contribution >= 4 is 57.7 Å². The van der Waals surface area contributed by atoms with Crippen LogP contribution >= 0.6 is 0 Å². The van der Waals surface area contributed by atoms with Crippen LogP contribution in [-0.4, -0.2) is 29.8 Å². The van der Waals surface area contributed by atoms with E-state index in [0.29, 0.717) is 28.1 Å². The number of fused-ring (bicyclic) bond motifs is 8. The summed E-state index contributed by atoms with van der Waals surface area (Å²) in [4.78, 5) is 41.7. The van der Waals surface area contributed by atoms with Crippen molar-refractivity contribution in [3.05, 3.63) is 175 Å². The Kier molecular flexibility index (Phi) is 8.51. The topological polar surface area (TPSA) is 144 Å². The van der Waals surface area contributed by atoms with Gasteiger partial charge in [-0.3, -0.25) is 20.2 Å². The molecule has 2 aliphatic rings. The van der Waals surface area contributed by atoms with Crippen LogP contribution in [0.4, 0.5) is 11.4 Å². The van der Waals surface area contributed by atoms with Crippen molar-refractivity contribution in [2.45, 2.75) is 20.8 Å². The first-order chi connectivity index (χ1) is 27.6. The van der Waals surface area contributed by atoms with Crippen molar-refractivity contribution in [2.75, 3.05) is 0 Å². The van der Waals surface area contributed by atoms with Gasteiger partial charge in [0.05, 0.1) is 32.6 Å². The Morgan fingerprint density at radius 1 is 0.404 bits per heavy atom. The second-order valence-electron chi connectivity index (χ2n) is 14.3. The molecule has 57 heavy (non-hydrogen) atoms. The standard InChI is InChI=1S/C47H34N6O4/c1-27-7-13-30(14-8-27)43-33-19-21-35(48-33)44(31-15-9-28(2)10-16-31)37-23-25-39(50-37)46(47-41(52(54)55)5-4-6-42(47)53(56)57)40-26-24-38(51-40)45(36-22-20-34(43)49-36)32-17-11-29(3)12-18-32/h4-26,48,51H,1-3H3. The summed E-state index contributed by atoms with van der Waals surface area (Å²) >= 11 is 0. The molecule has 4 aromatic carbocycles. The van der Waals surface area contributed by atoms with Gasteiger partial charge in [0.25, 0.3) is 11.4 Å². The molecule has 2 N–H and O–H groups in total. The molecule has 10 nitrogen and oxygen atoms in total. The van der Waals surface area contributed by atoms with Crippen LogP contribution in [0.2, 0.25) is 0 Å². The predicted molar refractivity (Wildman–Crippen MR) is 228 cm³/mol. The van der Waals surface area contributed by atoms with E-state index < -0.39 is 21.2 Å². The Labute approximate surface area is 326 Å². The van der Waals surface area contributed by atoms with Crippen LogP contribution in [0, 0.1) is 41.0 Å². The maximum absolute atomic E-state index is 12.6. The third-order valence-corrected chi connectivity index (χ3v) is 10.4. The average molecular weight is 747 g/mol. The molecule has 0 aliphatic carbocycles. The monoisotopic (exact) mass is 746 g/mol. The van der Waals surface area contributed by atoms with E-state index in [9.17, 15) is 20.2 Å². The van der Waals surface area contributed by atoms with E-state index in [1.807, 2.05) is 98.8 Å². The zero-order valence-electron chi connectivity index (χ0n) is 31.2.